The number of piperazine rings is 1. The van der Waals surface area contributed by atoms with Crippen molar-refractivity contribution in [1.82, 2.24) is 9.80 Å². The van der Waals surface area contributed by atoms with Gasteiger partial charge in [-0.05, 0) is 37.4 Å². The molecule has 1 aromatic rings. The van der Waals surface area contributed by atoms with E-state index in [1.807, 2.05) is 0 Å². The third-order valence-corrected chi connectivity index (χ3v) is 5.03. The Kier molecular flexibility index (Phi) is 4.39. The number of nitrogens with zero attached hydrogens (tertiary/aromatic N) is 2. The Morgan fingerprint density at radius 1 is 1.15 bits per heavy atom. The quantitative estimate of drug-likeness (QED) is 0.916. The lowest BCUT2D eigenvalue weighted by Gasteiger charge is -2.47. The number of hydrogen-bond acceptors (Lipinski definition) is 3. The van der Waals surface area contributed by atoms with Crippen LogP contribution in [0.25, 0.3) is 0 Å². The molecule has 3 heteroatoms. The molecule has 2 atom stereocenters. The van der Waals surface area contributed by atoms with Crippen molar-refractivity contribution in [2.45, 2.75) is 51.4 Å². The van der Waals surface area contributed by atoms with Crippen LogP contribution in [0, 0.1) is 0 Å². The van der Waals surface area contributed by atoms with Gasteiger partial charge in [0.25, 0.3) is 0 Å². The van der Waals surface area contributed by atoms with Gasteiger partial charge in [-0.15, -0.1) is 0 Å². The summed E-state index contributed by atoms with van der Waals surface area (Å²) in [6.07, 6.45) is 4.17. The molecule has 2 saturated heterocycles. The number of hydrogen-bond donors (Lipinski definition) is 1. The molecule has 3 nitrogen and oxygen atoms in total. The van der Waals surface area contributed by atoms with E-state index >= 15 is 0 Å². The van der Waals surface area contributed by atoms with Gasteiger partial charge in [-0.2, -0.15) is 0 Å². The zero-order valence-electron chi connectivity index (χ0n) is 12.6. The third-order valence-electron chi connectivity index (χ3n) is 5.03. The number of rotatable bonds is 3. The molecule has 2 fully saturated rings. The molecule has 0 spiro atoms. The van der Waals surface area contributed by atoms with E-state index in [-0.39, 0.29) is 0 Å². The summed E-state index contributed by atoms with van der Waals surface area (Å²) in [7, 11) is 0. The molecule has 110 valence electrons. The molecule has 20 heavy (non-hydrogen) atoms. The van der Waals surface area contributed by atoms with Crippen LogP contribution in [0.4, 0.5) is 0 Å². The van der Waals surface area contributed by atoms with E-state index in [4.69, 9.17) is 5.73 Å². The Labute approximate surface area is 122 Å². The molecule has 0 aliphatic carbocycles. The fourth-order valence-electron chi connectivity index (χ4n) is 3.76. The van der Waals surface area contributed by atoms with E-state index in [1.165, 1.54) is 50.0 Å². The van der Waals surface area contributed by atoms with Crippen molar-refractivity contribution in [2.75, 3.05) is 19.6 Å². The van der Waals surface area contributed by atoms with E-state index in [0.717, 1.165) is 12.6 Å². The summed E-state index contributed by atoms with van der Waals surface area (Å²) >= 11 is 0. The first kappa shape index (κ1) is 14.1. The molecule has 2 aliphatic rings. The molecule has 2 unspecified atom stereocenters. The smallest absolute Gasteiger partial charge is 0.0240 e. The molecule has 0 bridgehead atoms. The summed E-state index contributed by atoms with van der Waals surface area (Å²) in [4.78, 5) is 5.36. The van der Waals surface area contributed by atoms with Crippen LogP contribution in [0.5, 0.6) is 0 Å². The largest absolute Gasteiger partial charge is 0.326 e. The van der Waals surface area contributed by atoms with Crippen LogP contribution < -0.4 is 5.73 Å². The predicted octanol–water partition coefficient (Wildman–Crippen LogP) is 2.20. The molecular weight excluding hydrogens is 246 g/mol. The first-order chi connectivity index (χ1) is 9.78. The third kappa shape index (κ3) is 2.90. The molecule has 1 aromatic carbocycles. The maximum Gasteiger partial charge on any atom is 0.0240 e. The highest BCUT2D eigenvalue weighted by molar-refractivity contribution is 5.27. The van der Waals surface area contributed by atoms with Crippen LogP contribution in [0.15, 0.2) is 24.3 Å². The molecule has 3 rings (SSSR count). The number of piperidine rings is 1. The number of nitrogens with two attached hydrogens (primary N) is 1. The maximum atomic E-state index is 5.87. The topological polar surface area (TPSA) is 32.5 Å². The van der Waals surface area contributed by atoms with Gasteiger partial charge < -0.3 is 5.73 Å². The van der Waals surface area contributed by atoms with Gasteiger partial charge in [0.05, 0.1) is 0 Å². The fourth-order valence-corrected chi connectivity index (χ4v) is 3.76. The van der Waals surface area contributed by atoms with Crippen LogP contribution in [-0.4, -0.2) is 41.5 Å². The average Bonchev–Trinajstić information content (AvgIpc) is 2.48. The zero-order chi connectivity index (χ0) is 13.9. The predicted molar refractivity (Wildman–Crippen MR) is 83.4 cm³/mol. The zero-order valence-corrected chi connectivity index (χ0v) is 12.6. The van der Waals surface area contributed by atoms with Gasteiger partial charge in [0.15, 0.2) is 0 Å². The molecule has 2 aliphatic heterocycles. The Morgan fingerprint density at radius 3 is 2.75 bits per heavy atom. The number of fused-ring (bicyclic) bond motifs is 1. The van der Waals surface area contributed by atoms with Gasteiger partial charge in [0, 0.05) is 38.3 Å². The van der Waals surface area contributed by atoms with Crippen LogP contribution in [0.2, 0.25) is 0 Å². The molecule has 0 radical (unpaired) electrons. The minimum absolute atomic E-state index is 0.647. The first-order valence-corrected chi connectivity index (χ1v) is 8.03. The first-order valence-electron chi connectivity index (χ1n) is 8.03. The van der Waals surface area contributed by atoms with Crippen LogP contribution in [-0.2, 0) is 13.1 Å². The lowest BCUT2D eigenvalue weighted by atomic mass is 9.96. The standard InChI is InChI=1S/C17H27N3/c1-14-11-19-9-5-4-8-17(19)13-20(14)12-16-7-3-2-6-15(16)10-18/h2-3,6-7,14,17H,4-5,8-13,18H2,1H3. The molecule has 0 saturated carbocycles. The average molecular weight is 273 g/mol. The van der Waals surface area contributed by atoms with Crippen molar-refractivity contribution < 1.29 is 0 Å². The maximum absolute atomic E-state index is 5.87. The Balaban J connectivity index is 1.70. The van der Waals surface area contributed by atoms with Crippen molar-refractivity contribution >= 4 is 0 Å². The lowest BCUT2D eigenvalue weighted by Crippen LogP contribution is -2.58. The van der Waals surface area contributed by atoms with Crippen molar-refractivity contribution in [3.63, 3.8) is 0 Å². The highest BCUT2D eigenvalue weighted by Crippen LogP contribution is 2.25. The van der Waals surface area contributed by atoms with E-state index in [2.05, 4.69) is 41.0 Å². The molecule has 2 heterocycles. The molecule has 0 aromatic heterocycles. The van der Waals surface area contributed by atoms with E-state index in [0.29, 0.717) is 12.6 Å². The summed E-state index contributed by atoms with van der Waals surface area (Å²) in [5.74, 6) is 0. The normalized spacial score (nSPS) is 28.3. The van der Waals surface area contributed by atoms with Crippen LogP contribution >= 0.6 is 0 Å². The van der Waals surface area contributed by atoms with E-state index < -0.39 is 0 Å². The van der Waals surface area contributed by atoms with Crippen LogP contribution in [0.3, 0.4) is 0 Å². The van der Waals surface area contributed by atoms with Crippen molar-refractivity contribution in [3.8, 4) is 0 Å². The number of benzene rings is 1. The molecular formula is C17H27N3. The highest BCUT2D eigenvalue weighted by atomic mass is 15.3. The lowest BCUT2D eigenvalue weighted by molar-refractivity contribution is 0.0110. The summed E-state index contributed by atoms with van der Waals surface area (Å²) in [6, 6.07) is 10.1. The van der Waals surface area contributed by atoms with E-state index in [1.54, 1.807) is 0 Å². The van der Waals surface area contributed by atoms with Gasteiger partial charge in [-0.1, -0.05) is 30.7 Å². The van der Waals surface area contributed by atoms with Gasteiger partial charge >= 0.3 is 0 Å². The second-order valence-electron chi connectivity index (χ2n) is 6.40. The fraction of sp³-hybridized carbons (Fsp3) is 0.647. The second kappa shape index (κ2) is 6.25. The van der Waals surface area contributed by atoms with Crippen molar-refractivity contribution in [1.29, 1.82) is 0 Å². The molecule has 2 N–H and O–H groups in total. The summed E-state index contributed by atoms with van der Waals surface area (Å²) in [6.45, 7) is 7.83. The summed E-state index contributed by atoms with van der Waals surface area (Å²) in [5, 5.41) is 0. The second-order valence-corrected chi connectivity index (χ2v) is 6.40. The van der Waals surface area contributed by atoms with Gasteiger partial charge in [0.2, 0.25) is 0 Å². The Bertz CT molecular complexity index is 446. The van der Waals surface area contributed by atoms with Gasteiger partial charge in [-0.3, -0.25) is 9.80 Å². The minimum Gasteiger partial charge on any atom is -0.326 e. The summed E-state index contributed by atoms with van der Waals surface area (Å²) < 4.78 is 0. The minimum atomic E-state index is 0.647. The SMILES string of the molecule is CC1CN2CCCCC2CN1Cc1ccccc1CN. The monoisotopic (exact) mass is 273 g/mol. The summed E-state index contributed by atoms with van der Waals surface area (Å²) in [5.41, 5.74) is 8.58. The van der Waals surface area contributed by atoms with Crippen molar-refractivity contribution in [2.24, 2.45) is 5.73 Å². The Morgan fingerprint density at radius 2 is 1.95 bits per heavy atom. The van der Waals surface area contributed by atoms with E-state index in [9.17, 15) is 0 Å². The molecule has 0 amide bonds. The van der Waals surface area contributed by atoms with Crippen molar-refractivity contribution in [3.05, 3.63) is 35.4 Å². The highest BCUT2D eigenvalue weighted by Gasteiger charge is 2.32. The van der Waals surface area contributed by atoms with Crippen LogP contribution in [0.1, 0.15) is 37.3 Å². The van der Waals surface area contributed by atoms with Gasteiger partial charge in [-0.25, -0.2) is 0 Å². The van der Waals surface area contributed by atoms with Gasteiger partial charge in [0.1, 0.15) is 0 Å². The Hall–Kier alpha value is -0.900.